The molecule has 3 nitrogen and oxygen atoms in total. The third-order valence-electron chi connectivity index (χ3n) is 1.92. The molecule has 1 unspecified atom stereocenters. The maximum absolute atomic E-state index is 9.08. The van der Waals surface area contributed by atoms with Gasteiger partial charge in [0.25, 0.3) is 0 Å². The quantitative estimate of drug-likeness (QED) is 0.759. The number of ether oxygens (including phenoxy) is 1. The van der Waals surface area contributed by atoms with Gasteiger partial charge < -0.3 is 15.6 Å². The van der Waals surface area contributed by atoms with Crippen LogP contribution >= 0.6 is 0 Å². The molecule has 0 fully saturated rings. The van der Waals surface area contributed by atoms with Crippen molar-refractivity contribution >= 4 is 0 Å². The summed E-state index contributed by atoms with van der Waals surface area (Å²) < 4.78 is 5.41. The van der Waals surface area contributed by atoms with Gasteiger partial charge in [0, 0.05) is 12.1 Å². The predicted octanol–water partition coefficient (Wildman–Crippen LogP) is 1.21. The first kappa shape index (κ1) is 11.0. The van der Waals surface area contributed by atoms with Gasteiger partial charge in [-0.3, -0.25) is 0 Å². The second-order valence-electron chi connectivity index (χ2n) is 3.48. The van der Waals surface area contributed by atoms with Crippen molar-refractivity contribution in [3.05, 3.63) is 29.3 Å². The van der Waals surface area contributed by atoms with Gasteiger partial charge in [-0.05, 0) is 19.9 Å². The van der Waals surface area contributed by atoms with Gasteiger partial charge in [-0.25, -0.2) is 0 Å². The molecule has 0 amide bonds. The van der Waals surface area contributed by atoms with E-state index >= 15 is 0 Å². The Labute approximate surface area is 84.5 Å². The molecule has 1 rings (SSSR count). The molecule has 0 bridgehead atoms. The van der Waals surface area contributed by atoms with Crippen LogP contribution < -0.4 is 10.5 Å². The summed E-state index contributed by atoms with van der Waals surface area (Å²) in [6.07, 6.45) is -0.457. The molecule has 0 saturated heterocycles. The summed E-state index contributed by atoms with van der Waals surface area (Å²) in [5.74, 6) is 0.763. The molecule has 0 heterocycles. The standard InChI is InChI=1S/C11H17NO2/c1-8-3-4-11(10(5-8)6-12)14-7-9(2)13/h3-5,9,13H,6-7,12H2,1-2H3. The molecule has 78 valence electrons. The fourth-order valence-electron chi connectivity index (χ4n) is 1.22. The molecule has 0 aromatic heterocycles. The summed E-state index contributed by atoms with van der Waals surface area (Å²) in [4.78, 5) is 0. The van der Waals surface area contributed by atoms with Crippen molar-refractivity contribution < 1.29 is 9.84 Å². The van der Waals surface area contributed by atoms with E-state index in [1.165, 1.54) is 0 Å². The largest absolute Gasteiger partial charge is 0.491 e. The second kappa shape index (κ2) is 4.98. The van der Waals surface area contributed by atoms with Gasteiger partial charge in [-0.15, -0.1) is 0 Å². The fourth-order valence-corrected chi connectivity index (χ4v) is 1.22. The molecule has 0 aliphatic rings. The Balaban J connectivity index is 2.75. The lowest BCUT2D eigenvalue weighted by atomic mass is 10.1. The van der Waals surface area contributed by atoms with Crippen molar-refractivity contribution in [1.82, 2.24) is 0 Å². The molecular weight excluding hydrogens is 178 g/mol. The molecule has 1 atom stereocenters. The molecule has 1 aromatic carbocycles. The van der Waals surface area contributed by atoms with Gasteiger partial charge in [0.1, 0.15) is 12.4 Å². The number of rotatable bonds is 4. The van der Waals surface area contributed by atoms with E-state index < -0.39 is 6.10 Å². The van der Waals surface area contributed by atoms with Crippen LogP contribution in [0.1, 0.15) is 18.1 Å². The van der Waals surface area contributed by atoms with Crippen molar-refractivity contribution in [3.63, 3.8) is 0 Å². The first-order valence-electron chi connectivity index (χ1n) is 4.74. The highest BCUT2D eigenvalue weighted by Gasteiger charge is 2.03. The lowest BCUT2D eigenvalue weighted by molar-refractivity contribution is 0.122. The van der Waals surface area contributed by atoms with Gasteiger partial charge in [-0.2, -0.15) is 0 Å². The molecule has 1 aromatic rings. The Hall–Kier alpha value is -1.06. The molecule has 3 N–H and O–H groups in total. The number of aryl methyl sites for hydroxylation is 1. The van der Waals surface area contributed by atoms with Gasteiger partial charge >= 0.3 is 0 Å². The van der Waals surface area contributed by atoms with Crippen LogP contribution in [0, 0.1) is 6.92 Å². The smallest absolute Gasteiger partial charge is 0.123 e. The summed E-state index contributed by atoms with van der Waals surface area (Å²) in [7, 11) is 0. The number of hydrogen-bond acceptors (Lipinski definition) is 3. The average Bonchev–Trinajstić information content (AvgIpc) is 2.15. The summed E-state index contributed by atoms with van der Waals surface area (Å²) in [6.45, 7) is 4.46. The Morgan fingerprint density at radius 1 is 1.50 bits per heavy atom. The van der Waals surface area contributed by atoms with Gasteiger partial charge in [0.2, 0.25) is 0 Å². The first-order valence-corrected chi connectivity index (χ1v) is 4.74. The van der Waals surface area contributed by atoms with Crippen LogP contribution in [0.15, 0.2) is 18.2 Å². The van der Waals surface area contributed by atoms with Gasteiger partial charge in [0.05, 0.1) is 6.10 Å². The minimum atomic E-state index is -0.457. The molecule has 0 aliphatic heterocycles. The normalized spacial score (nSPS) is 12.6. The van der Waals surface area contributed by atoms with E-state index in [1.54, 1.807) is 6.92 Å². The maximum Gasteiger partial charge on any atom is 0.123 e. The highest BCUT2D eigenvalue weighted by molar-refractivity contribution is 5.36. The molecule has 3 heteroatoms. The van der Waals surface area contributed by atoms with E-state index in [0.29, 0.717) is 13.2 Å². The molecule has 0 radical (unpaired) electrons. The molecule has 0 aliphatic carbocycles. The SMILES string of the molecule is Cc1ccc(OCC(C)O)c(CN)c1. The third-order valence-corrected chi connectivity index (χ3v) is 1.92. The van der Waals surface area contributed by atoms with Crippen LogP contribution in [-0.4, -0.2) is 17.8 Å². The Morgan fingerprint density at radius 2 is 2.21 bits per heavy atom. The van der Waals surface area contributed by atoms with E-state index in [9.17, 15) is 0 Å². The Morgan fingerprint density at radius 3 is 2.79 bits per heavy atom. The second-order valence-corrected chi connectivity index (χ2v) is 3.48. The number of aliphatic hydroxyl groups excluding tert-OH is 1. The van der Waals surface area contributed by atoms with Crippen LogP contribution in [0.3, 0.4) is 0 Å². The Kier molecular flexibility index (Phi) is 3.92. The predicted molar refractivity (Wildman–Crippen MR) is 56.2 cm³/mol. The monoisotopic (exact) mass is 195 g/mol. The topological polar surface area (TPSA) is 55.5 Å². The summed E-state index contributed by atoms with van der Waals surface area (Å²) in [5.41, 5.74) is 7.72. The van der Waals surface area contributed by atoms with Crippen molar-refractivity contribution in [1.29, 1.82) is 0 Å². The number of nitrogens with two attached hydrogens (primary N) is 1. The molecule has 0 saturated carbocycles. The molecular formula is C11H17NO2. The summed E-state index contributed by atoms with van der Waals surface area (Å²) in [5, 5.41) is 9.08. The highest BCUT2D eigenvalue weighted by Crippen LogP contribution is 2.19. The lowest BCUT2D eigenvalue weighted by Crippen LogP contribution is -2.14. The van der Waals surface area contributed by atoms with Crippen LogP contribution in [0.25, 0.3) is 0 Å². The number of hydrogen-bond donors (Lipinski definition) is 2. The zero-order chi connectivity index (χ0) is 10.6. The summed E-state index contributed by atoms with van der Waals surface area (Å²) in [6, 6.07) is 5.85. The van der Waals surface area contributed by atoms with Crippen molar-refractivity contribution in [2.75, 3.05) is 6.61 Å². The zero-order valence-electron chi connectivity index (χ0n) is 8.66. The van der Waals surface area contributed by atoms with E-state index in [4.69, 9.17) is 15.6 Å². The van der Waals surface area contributed by atoms with Crippen LogP contribution in [0.5, 0.6) is 5.75 Å². The third kappa shape index (κ3) is 3.01. The summed E-state index contributed by atoms with van der Waals surface area (Å²) >= 11 is 0. The lowest BCUT2D eigenvalue weighted by Gasteiger charge is -2.12. The van der Waals surface area contributed by atoms with E-state index in [2.05, 4.69) is 0 Å². The zero-order valence-corrected chi connectivity index (χ0v) is 8.66. The average molecular weight is 195 g/mol. The number of benzene rings is 1. The fraction of sp³-hybridized carbons (Fsp3) is 0.455. The maximum atomic E-state index is 9.08. The van der Waals surface area contributed by atoms with Gasteiger partial charge in [0.15, 0.2) is 0 Å². The highest BCUT2D eigenvalue weighted by atomic mass is 16.5. The van der Waals surface area contributed by atoms with E-state index in [1.807, 2.05) is 25.1 Å². The Bertz CT molecular complexity index is 297. The van der Waals surface area contributed by atoms with Crippen molar-refractivity contribution in [2.45, 2.75) is 26.5 Å². The van der Waals surface area contributed by atoms with Crippen LogP contribution in [0.2, 0.25) is 0 Å². The molecule has 0 spiro atoms. The number of aliphatic hydroxyl groups is 1. The minimum Gasteiger partial charge on any atom is -0.491 e. The molecule has 14 heavy (non-hydrogen) atoms. The van der Waals surface area contributed by atoms with E-state index in [0.717, 1.165) is 16.9 Å². The van der Waals surface area contributed by atoms with Crippen molar-refractivity contribution in [2.24, 2.45) is 5.73 Å². The van der Waals surface area contributed by atoms with Crippen molar-refractivity contribution in [3.8, 4) is 5.75 Å². The van der Waals surface area contributed by atoms with E-state index in [-0.39, 0.29) is 0 Å². The van der Waals surface area contributed by atoms with Crippen LogP contribution in [-0.2, 0) is 6.54 Å². The first-order chi connectivity index (χ1) is 6.63. The van der Waals surface area contributed by atoms with Gasteiger partial charge in [-0.1, -0.05) is 17.7 Å². The van der Waals surface area contributed by atoms with Crippen LogP contribution in [0.4, 0.5) is 0 Å². The minimum absolute atomic E-state index is 0.302.